The zero-order chi connectivity index (χ0) is 15.5. The number of carbonyl (C=O) groups excluding carboxylic acids is 2. The summed E-state index contributed by atoms with van der Waals surface area (Å²) < 4.78 is 5.05. The van der Waals surface area contributed by atoms with Gasteiger partial charge in [-0.1, -0.05) is 0 Å². The summed E-state index contributed by atoms with van der Waals surface area (Å²) in [6, 6.07) is 5.70. The lowest BCUT2D eigenvalue weighted by atomic mass is 9.99. The van der Waals surface area contributed by atoms with E-state index >= 15 is 0 Å². The number of benzene rings is 1. The minimum Gasteiger partial charge on any atom is -0.479 e. The standard InChI is InChI=1S/C14H16N2O5/c1-9(17)10-2-4-11(5-3-10)15-13(20)16-14(12(18)19)6-7-21-8-14/h2-5H,6-8H2,1H3,(H,18,19)(H2,15,16,20). The molecule has 2 rings (SSSR count). The third kappa shape index (κ3) is 3.38. The van der Waals surface area contributed by atoms with E-state index in [2.05, 4.69) is 10.6 Å². The summed E-state index contributed by atoms with van der Waals surface area (Å²) in [7, 11) is 0. The number of anilines is 1. The summed E-state index contributed by atoms with van der Waals surface area (Å²) in [6.45, 7) is 1.69. The van der Waals surface area contributed by atoms with Crippen LogP contribution < -0.4 is 10.6 Å². The smallest absolute Gasteiger partial charge is 0.332 e. The van der Waals surface area contributed by atoms with Crippen molar-refractivity contribution >= 4 is 23.5 Å². The third-order valence-corrected chi connectivity index (χ3v) is 3.33. The molecule has 0 saturated carbocycles. The van der Waals surface area contributed by atoms with Crippen molar-refractivity contribution < 1.29 is 24.2 Å². The van der Waals surface area contributed by atoms with Crippen LogP contribution in [0.2, 0.25) is 0 Å². The maximum Gasteiger partial charge on any atom is 0.332 e. The quantitative estimate of drug-likeness (QED) is 0.724. The van der Waals surface area contributed by atoms with Crippen molar-refractivity contribution in [1.29, 1.82) is 0 Å². The molecule has 1 fully saturated rings. The normalized spacial score (nSPS) is 20.8. The molecule has 21 heavy (non-hydrogen) atoms. The van der Waals surface area contributed by atoms with Crippen LogP contribution >= 0.6 is 0 Å². The number of Topliss-reactive ketones (excluding diaryl/α,β-unsaturated/α-hetero) is 1. The lowest BCUT2D eigenvalue weighted by Crippen LogP contribution is -2.56. The minimum atomic E-state index is -1.39. The van der Waals surface area contributed by atoms with Gasteiger partial charge in [0.05, 0.1) is 6.61 Å². The summed E-state index contributed by atoms with van der Waals surface area (Å²) >= 11 is 0. The van der Waals surface area contributed by atoms with E-state index in [1.54, 1.807) is 24.3 Å². The first-order valence-electron chi connectivity index (χ1n) is 6.44. The van der Waals surface area contributed by atoms with Crippen molar-refractivity contribution in [2.45, 2.75) is 18.9 Å². The molecule has 0 spiro atoms. The van der Waals surface area contributed by atoms with E-state index in [1.165, 1.54) is 6.92 Å². The second-order valence-electron chi connectivity index (χ2n) is 4.90. The molecule has 0 radical (unpaired) electrons. The van der Waals surface area contributed by atoms with Gasteiger partial charge in [-0.3, -0.25) is 4.79 Å². The number of rotatable bonds is 4. The van der Waals surface area contributed by atoms with Crippen LogP contribution in [0.5, 0.6) is 0 Å². The van der Waals surface area contributed by atoms with Crippen LogP contribution in [0, 0.1) is 0 Å². The number of aliphatic carboxylic acids is 1. The second kappa shape index (κ2) is 5.92. The Morgan fingerprint density at radius 1 is 1.24 bits per heavy atom. The number of urea groups is 1. The summed E-state index contributed by atoms with van der Waals surface area (Å²) in [5.74, 6) is -1.19. The molecule has 1 saturated heterocycles. The fourth-order valence-corrected chi connectivity index (χ4v) is 2.05. The lowest BCUT2D eigenvalue weighted by Gasteiger charge is -2.23. The van der Waals surface area contributed by atoms with E-state index in [0.29, 0.717) is 17.9 Å². The van der Waals surface area contributed by atoms with Crippen molar-refractivity contribution in [3.63, 3.8) is 0 Å². The zero-order valence-electron chi connectivity index (χ0n) is 11.5. The first kappa shape index (κ1) is 15.0. The number of carboxylic acids is 1. The first-order chi connectivity index (χ1) is 9.93. The molecule has 1 aromatic carbocycles. The monoisotopic (exact) mass is 292 g/mol. The van der Waals surface area contributed by atoms with Crippen LogP contribution in [0.1, 0.15) is 23.7 Å². The molecular formula is C14H16N2O5. The number of hydrogen-bond acceptors (Lipinski definition) is 4. The van der Waals surface area contributed by atoms with Gasteiger partial charge >= 0.3 is 12.0 Å². The fourth-order valence-electron chi connectivity index (χ4n) is 2.05. The predicted octanol–water partition coefficient (Wildman–Crippen LogP) is 1.25. The lowest BCUT2D eigenvalue weighted by molar-refractivity contribution is -0.144. The Bertz CT molecular complexity index is 561. The van der Waals surface area contributed by atoms with Crippen LogP contribution in [0.25, 0.3) is 0 Å². The Morgan fingerprint density at radius 2 is 1.90 bits per heavy atom. The highest BCUT2D eigenvalue weighted by atomic mass is 16.5. The van der Waals surface area contributed by atoms with E-state index in [4.69, 9.17) is 4.74 Å². The molecular weight excluding hydrogens is 276 g/mol. The summed E-state index contributed by atoms with van der Waals surface area (Å²) in [6.07, 6.45) is 0.221. The van der Waals surface area contributed by atoms with E-state index in [0.717, 1.165) is 0 Å². The molecule has 1 heterocycles. The average molecular weight is 292 g/mol. The number of nitrogens with one attached hydrogen (secondary N) is 2. The van der Waals surface area contributed by atoms with Crippen molar-refractivity contribution in [2.75, 3.05) is 18.5 Å². The van der Waals surface area contributed by atoms with Gasteiger partial charge in [-0.25, -0.2) is 9.59 Å². The molecule has 0 aromatic heterocycles. The Kier molecular flexibility index (Phi) is 4.23. The molecule has 2 amide bonds. The third-order valence-electron chi connectivity index (χ3n) is 3.33. The van der Waals surface area contributed by atoms with Crippen molar-refractivity contribution in [1.82, 2.24) is 5.32 Å². The molecule has 112 valence electrons. The van der Waals surface area contributed by atoms with E-state index in [9.17, 15) is 19.5 Å². The molecule has 0 aliphatic carbocycles. The fraction of sp³-hybridized carbons (Fsp3) is 0.357. The second-order valence-corrected chi connectivity index (χ2v) is 4.90. The van der Waals surface area contributed by atoms with Crippen LogP contribution in [-0.2, 0) is 9.53 Å². The molecule has 1 atom stereocenters. The minimum absolute atomic E-state index is 0.0565. The molecule has 7 heteroatoms. The maximum absolute atomic E-state index is 11.9. The number of amides is 2. The topological polar surface area (TPSA) is 105 Å². The van der Waals surface area contributed by atoms with Gasteiger partial charge in [-0.05, 0) is 31.2 Å². The molecule has 3 N–H and O–H groups in total. The van der Waals surface area contributed by atoms with Crippen molar-refractivity contribution in [3.8, 4) is 0 Å². The number of hydrogen-bond donors (Lipinski definition) is 3. The van der Waals surface area contributed by atoms with Gasteiger partial charge in [0.15, 0.2) is 11.3 Å². The van der Waals surface area contributed by atoms with Gasteiger partial charge in [-0.2, -0.15) is 0 Å². The number of carboxylic acid groups (broad SMARTS) is 1. The number of ether oxygens (including phenoxy) is 1. The SMILES string of the molecule is CC(=O)c1ccc(NC(=O)NC2(C(=O)O)CCOC2)cc1. The Labute approximate surface area is 121 Å². The molecule has 1 aliphatic heterocycles. The molecule has 1 aromatic rings. The van der Waals surface area contributed by atoms with Gasteiger partial charge < -0.3 is 20.5 Å². The van der Waals surface area contributed by atoms with E-state index < -0.39 is 17.5 Å². The highest BCUT2D eigenvalue weighted by Gasteiger charge is 2.44. The largest absolute Gasteiger partial charge is 0.479 e. The Balaban J connectivity index is 2.01. The van der Waals surface area contributed by atoms with E-state index in [1.807, 2.05) is 0 Å². The summed E-state index contributed by atoms with van der Waals surface area (Å²) in [5, 5.41) is 14.2. The maximum atomic E-state index is 11.9. The summed E-state index contributed by atoms with van der Waals surface area (Å²) in [4.78, 5) is 34.3. The van der Waals surface area contributed by atoms with Gasteiger partial charge in [0.1, 0.15) is 0 Å². The van der Waals surface area contributed by atoms with E-state index in [-0.39, 0.29) is 18.8 Å². The number of ketones is 1. The van der Waals surface area contributed by atoms with Gasteiger partial charge in [0.25, 0.3) is 0 Å². The molecule has 0 bridgehead atoms. The highest BCUT2D eigenvalue weighted by Crippen LogP contribution is 2.19. The van der Waals surface area contributed by atoms with Crippen molar-refractivity contribution in [3.05, 3.63) is 29.8 Å². The molecule has 7 nitrogen and oxygen atoms in total. The van der Waals surface area contributed by atoms with Crippen LogP contribution in [0.3, 0.4) is 0 Å². The zero-order valence-corrected chi connectivity index (χ0v) is 11.5. The van der Waals surface area contributed by atoms with Crippen molar-refractivity contribution in [2.24, 2.45) is 0 Å². The summed E-state index contributed by atoms with van der Waals surface area (Å²) in [5.41, 5.74) is -0.382. The van der Waals surface area contributed by atoms with Gasteiger partial charge in [0.2, 0.25) is 0 Å². The Hall–Kier alpha value is -2.41. The van der Waals surface area contributed by atoms with Crippen LogP contribution in [0.4, 0.5) is 10.5 Å². The van der Waals surface area contributed by atoms with Gasteiger partial charge in [0, 0.05) is 24.3 Å². The van der Waals surface area contributed by atoms with Crippen LogP contribution in [-0.4, -0.2) is 41.6 Å². The van der Waals surface area contributed by atoms with Crippen LogP contribution in [0.15, 0.2) is 24.3 Å². The molecule has 1 aliphatic rings. The molecule has 1 unspecified atom stereocenters. The Morgan fingerprint density at radius 3 is 2.38 bits per heavy atom. The number of carbonyl (C=O) groups is 3. The average Bonchev–Trinajstić information content (AvgIpc) is 2.89. The first-order valence-corrected chi connectivity index (χ1v) is 6.44. The highest BCUT2D eigenvalue weighted by molar-refractivity contribution is 5.96. The van der Waals surface area contributed by atoms with Gasteiger partial charge in [-0.15, -0.1) is 0 Å². The predicted molar refractivity (Wildman–Crippen MR) is 74.4 cm³/mol.